The quantitative estimate of drug-likeness (QED) is 0.832. The molecule has 2 amide bonds. The first-order valence-corrected chi connectivity index (χ1v) is 8.35. The lowest BCUT2D eigenvalue weighted by Gasteiger charge is -2.20. The first-order chi connectivity index (χ1) is 11.4. The number of carbonyl (C=O) groups excluding carboxylic acids is 2. The lowest BCUT2D eigenvalue weighted by molar-refractivity contribution is -0.118. The van der Waals surface area contributed by atoms with Crippen molar-refractivity contribution in [3.63, 3.8) is 0 Å². The van der Waals surface area contributed by atoms with Crippen LogP contribution in [0.4, 0.5) is 9.52 Å². The maximum absolute atomic E-state index is 13.1. The van der Waals surface area contributed by atoms with E-state index in [0.717, 1.165) is 24.2 Å². The van der Waals surface area contributed by atoms with Gasteiger partial charge in [0, 0.05) is 6.54 Å². The van der Waals surface area contributed by atoms with Crippen LogP contribution in [0.25, 0.3) is 10.4 Å². The first kappa shape index (κ1) is 16.4. The summed E-state index contributed by atoms with van der Waals surface area (Å²) in [6.45, 7) is 0.317. The van der Waals surface area contributed by atoms with Gasteiger partial charge in [-0.2, -0.15) is 0 Å². The van der Waals surface area contributed by atoms with E-state index < -0.39 is 5.91 Å². The molecule has 0 atom stereocenters. The van der Waals surface area contributed by atoms with Crippen LogP contribution in [-0.4, -0.2) is 34.8 Å². The Hall–Kier alpha value is -2.48. The number of rotatable bonds is 6. The fourth-order valence-electron chi connectivity index (χ4n) is 2.45. The van der Waals surface area contributed by atoms with Gasteiger partial charge in [-0.1, -0.05) is 23.5 Å². The Bertz CT molecular complexity index is 771. The SMILES string of the molecule is NC(=O)CN(CC1CC1)C(=O)c1nc(N)sc1-c1ccc(F)cc1. The van der Waals surface area contributed by atoms with Crippen molar-refractivity contribution < 1.29 is 14.0 Å². The van der Waals surface area contributed by atoms with E-state index in [2.05, 4.69) is 4.98 Å². The maximum atomic E-state index is 13.1. The molecule has 126 valence electrons. The highest BCUT2D eigenvalue weighted by atomic mass is 32.1. The molecule has 3 rings (SSSR count). The Morgan fingerprint density at radius 2 is 1.96 bits per heavy atom. The van der Waals surface area contributed by atoms with Crippen molar-refractivity contribution in [3.05, 3.63) is 35.8 Å². The standard InChI is InChI=1S/C16H17FN4O2S/c17-11-5-3-10(4-6-11)14-13(20-16(19)24-14)15(23)21(8-12(18)22)7-9-1-2-9/h3-6,9H,1-2,7-8H2,(H2,18,22)(H2,19,20). The molecule has 0 saturated heterocycles. The van der Waals surface area contributed by atoms with Gasteiger partial charge in [0.1, 0.15) is 11.5 Å². The number of aromatic nitrogens is 1. The second kappa shape index (κ2) is 6.56. The van der Waals surface area contributed by atoms with Crippen LogP contribution in [0.1, 0.15) is 23.3 Å². The average Bonchev–Trinajstić information content (AvgIpc) is 3.26. The summed E-state index contributed by atoms with van der Waals surface area (Å²) in [6.07, 6.45) is 2.07. The van der Waals surface area contributed by atoms with Crippen LogP contribution in [0.3, 0.4) is 0 Å². The summed E-state index contributed by atoms with van der Waals surface area (Å²) in [5.74, 6) is -0.921. The second-order valence-corrected chi connectivity index (χ2v) is 6.86. The maximum Gasteiger partial charge on any atom is 0.274 e. The molecule has 1 aliphatic rings. The first-order valence-electron chi connectivity index (χ1n) is 7.54. The zero-order valence-corrected chi connectivity index (χ0v) is 13.7. The van der Waals surface area contributed by atoms with Gasteiger partial charge in [-0.15, -0.1) is 0 Å². The third-order valence-electron chi connectivity index (χ3n) is 3.76. The molecule has 1 aromatic heterocycles. The van der Waals surface area contributed by atoms with Crippen molar-refractivity contribution in [2.75, 3.05) is 18.8 Å². The number of amides is 2. The average molecular weight is 348 g/mol. The number of nitrogen functional groups attached to an aromatic ring is 1. The number of nitrogens with two attached hydrogens (primary N) is 2. The Kier molecular flexibility index (Phi) is 4.48. The number of primary amides is 1. The van der Waals surface area contributed by atoms with Gasteiger partial charge in [0.15, 0.2) is 5.13 Å². The van der Waals surface area contributed by atoms with Gasteiger partial charge < -0.3 is 16.4 Å². The summed E-state index contributed by atoms with van der Waals surface area (Å²) in [6, 6.07) is 5.76. The minimum absolute atomic E-state index is 0.157. The van der Waals surface area contributed by atoms with Gasteiger partial charge in [-0.05, 0) is 36.5 Å². The van der Waals surface area contributed by atoms with Crippen LogP contribution in [0.5, 0.6) is 0 Å². The summed E-state index contributed by atoms with van der Waals surface area (Å²) in [5.41, 5.74) is 11.9. The number of thiazole rings is 1. The van der Waals surface area contributed by atoms with Crippen molar-refractivity contribution in [2.24, 2.45) is 11.7 Å². The zero-order chi connectivity index (χ0) is 17.3. The normalized spacial score (nSPS) is 13.7. The minimum atomic E-state index is -0.574. The molecular formula is C16H17FN4O2S. The molecule has 1 heterocycles. The van der Waals surface area contributed by atoms with Crippen LogP contribution in [0.2, 0.25) is 0 Å². The molecule has 24 heavy (non-hydrogen) atoms. The Morgan fingerprint density at radius 3 is 2.54 bits per heavy atom. The zero-order valence-electron chi connectivity index (χ0n) is 12.9. The molecule has 1 saturated carbocycles. The summed E-state index contributed by atoms with van der Waals surface area (Å²) >= 11 is 1.15. The number of hydrogen-bond acceptors (Lipinski definition) is 5. The number of benzene rings is 1. The lowest BCUT2D eigenvalue weighted by Crippen LogP contribution is -2.40. The molecule has 0 spiro atoms. The highest BCUT2D eigenvalue weighted by molar-refractivity contribution is 7.19. The van der Waals surface area contributed by atoms with E-state index in [0.29, 0.717) is 22.9 Å². The highest BCUT2D eigenvalue weighted by Crippen LogP contribution is 2.34. The number of carbonyl (C=O) groups is 2. The fourth-order valence-corrected chi connectivity index (χ4v) is 3.28. The van der Waals surface area contributed by atoms with Gasteiger partial charge in [-0.3, -0.25) is 9.59 Å². The largest absolute Gasteiger partial charge is 0.375 e. The van der Waals surface area contributed by atoms with Crippen molar-refractivity contribution in [1.29, 1.82) is 0 Å². The molecule has 1 fully saturated rings. The number of hydrogen-bond donors (Lipinski definition) is 2. The van der Waals surface area contributed by atoms with Crippen LogP contribution in [0, 0.1) is 11.7 Å². The molecule has 1 aromatic carbocycles. The van der Waals surface area contributed by atoms with E-state index in [9.17, 15) is 14.0 Å². The minimum Gasteiger partial charge on any atom is -0.375 e. The van der Waals surface area contributed by atoms with Gasteiger partial charge in [0.25, 0.3) is 5.91 Å². The smallest absolute Gasteiger partial charge is 0.274 e. The van der Waals surface area contributed by atoms with Gasteiger partial charge >= 0.3 is 0 Å². The van der Waals surface area contributed by atoms with Crippen molar-refractivity contribution in [3.8, 4) is 10.4 Å². The van der Waals surface area contributed by atoms with Crippen LogP contribution in [0.15, 0.2) is 24.3 Å². The third kappa shape index (κ3) is 3.70. The predicted molar refractivity (Wildman–Crippen MR) is 89.7 cm³/mol. The molecule has 1 aliphatic carbocycles. The van der Waals surface area contributed by atoms with E-state index in [-0.39, 0.29) is 29.1 Å². The Morgan fingerprint density at radius 1 is 1.29 bits per heavy atom. The van der Waals surface area contributed by atoms with E-state index >= 15 is 0 Å². The summed E-state index contributed by atoms with van der Waals surface area (Å²) in [5, 5.41) is 0.239. The molecule has 0 radical (unpaired) electrons. The molecule has 4 N–H and O–H groups in total. The molecule has 8 heteroatoms. The van der Waals surface area contributed by atoms with E-state index in [4.69, 9.17) is 11.5 Å². The van der Waals surface area contributed by atoms with Crippen LogP contribution in [-0.2, 0) is 4.79 Å². The molecule has 2 aromatic rings. The summed E-state index contributed by atoms with van der Waals surface area (Å²) in [4.78, 5) is 30.2. The lowest BCUT2D eigenvalue weighted by atomic mass is 10.1. The highest BCUT2D eigenvalue weighted by Gasteiger charge is 2.30. The molecule has 0 unspecified atom stereocenters. The van der Waals surface area contributed by atoms with Crippen molar-refractivity contribution >= 4 is 28.3 Å². The van der Waals surface area contributed by atoms with Gasteiger partial charge in [0.2, 0.25) is 5.91 Å². The second-order valence-electron chi connectivity index (χ2n) is 5.83. The van der Waals surface area contributed by atoms with Gasteiger partial charge in [-0.25, -0.2) is 9.37 Å². The fraction of sp³-hybridized carbons (Fsp3) is 0.312. The number of nitrogens with zero attached hydrogens (tertiary/aromatic N) is 2. The number of halogens is 1. The molecule has 0 bridgehead atoms. The third-order valence-corrected chi connectivity index (χ3v) is 4.70. The van der Waals surface area contributed by atoms with Crippen molar-refractivity contribution in [2.45, 2.75) is 12.8 Å². The van der Waals surface area contributed by atoms with E-state index in [1.165, 1.54) is 17.0 Å². The molecule has 6 nitrogen and oxygen atoms in total. The summed E-state index contributed by atoms with van der Waals surface area (Å²) < 4.78 is 13.1. The Balaban J connectivity index is 1.93. The van der Waals surface area contributed by atoms with E-state index in [1.807, 2.05) is 0 Å². The topological polar surface area (TPSA) is 102 Å². The van der Waals surface area contributed by atoms with Gasteiger partial charge in [0.05, 0.1) is 11.4 Å². The molecule has 0 aliphatic heterocycles. The monoisotopic (exact) mass is 348 g/mol. The van der Waals surface area contributed by atoms with Crippen LogP contribution < -0.4 is 11.5 Å². The summed E-state index contributed by atoms with van der Waals surface area (Å²) in [7, 11) is 0. The number of anilines is 1. The van der Waals surface area contributed by atoms with Crippen LogP contribution >= 0.6 is 11.3 Å². The van der Waals surface area contributed by atoms with E-state index in [1.54, 1.807) is 12.1 Å². The van der Waals surface area contributed by atoms with Crippen molar-refractivity contribution in [1.82, 2.24) is 9.88 Å². The Labute approximate surface area is 142 Å². The molecular weight excluding hydrogens is 331 g/mol. The predicted octanol–water partition coefficient (Wildman–Crippen LogP) is 1.87.